The minimum absolute atomic E-state index is 0.860. The molecule has 0 radical (unpaired) electrons. The third-order valence-electron chi connectivity index (χ3n) is 1.71. The number of rotatable bonds is 4. The minimum Gasteiger partial charge on any atom is -0.120 e. The zero-order chi connectivity index (χ0) is 7.11. The summed E-state index contributed by atoms with van der Waals surface area (Å²) in [6, 6.07) is 0. The van der Waals surface area contributed by atoms with Gasteiger partial charge in [0.2, 0.25) is 0 Å². The standard InChI is InChI=1S/C9H16/c1-4-6-7-8-9(3)5-2/h1,9H,5-8H2,2-3H3/t9-/m0/s1. The van der Waals surface area contributed by atoms with E-state index in [1.54, 1.807) is 0 Å². The Morgan fingerprint density at radius 1 is 1.56 bits per heavy atom. The van der Waals surface area contributed by atoms with Crippen LogP contribution in [0.3, 0.4) is 0 Å². The van der Waals surface area contributed by atoms with Crippen LogP contribution in [0.2, 0.25) is 0 Å². The fourth-order valence-electron chi connectivity index (χ4n) is 0.757. The molecular formula is C9H16. The summed E-state index contributed by atoms with van der Waals surface area (Å²) < 4.78 is 0. The van der Waals surface area contributed by atoms with E-state index < -0.39 is 0 Å². The predicted molar refractivity (Wildman–Crippen MR) is 42.1 cm³/mol. The van der Waals surface area contributed by atoms with E-state index in [1.807, 2.05) is 0 Å². The molecule has 0 aliphatic rings. The van der Waals surface area contributed by atoms with Crippen LogP contribution in [0.4, 0.5) is 0 Å². The van der Waals surface area contributed by atoms with Crippen LogP contribution in [0.1, 0.15) is 39.5 Å². The smallest absolute Gasteiger partial charge is 0.00861 e. The van der Waals surface area contributed by atoms with Gasteiger partial charge in [0.25, 0.3) is 0 Å². The van der Waals surface area contributed by atoms with Crippen molar-refractivity contribution in [1.82, 2.24) is 0 Å². The van der Waals surface area contributed by atoms with Gasteiger partial charge in [-0.3, -0.25) is 0 Å². The highest BCUT2D eigenvalue weighted by Gasteiger charge is 1.95. The van der Waals surface area contributed by atoms with Gasteiger partial charge in [-0.05, 0) is 18.8 Å². The Morgan fingerprint density at radius 2 is 2.22 bits per heavy atom. The molecule has 0 fully saturated rings. The quantitative estimate of drug-likeness (QED) is 0.399. The van der Waals surface area contributed by atoms with Crippen LogP contribution >= 0.6 is 0 Å². The molecule has 1 atom stereocenters. The third kappa shape index (κ3) is 5.43. The molecule has 0 amide bonds. The van der Waals surface area contributed by atoms with E-state index in [0.29, 0.717) is 0 Å². The molecule has 0 heteroatoms. The van der Waals surface area contributed by atoms with Gasteiger partial charge in [-0.15, -0.1) is 12.3 Å². The first-order chi connectivity index (χ1) is 4.31. The minimum atomic E-state index is 0.860. The molecular weight excluding hydrogens is 108 g/mol. The summed E-state index contributed by atoms with van der Waals surface area (Å²) in [7, 11) is 0. The molecule has 52 valence electrons. The van der Waals surface area contributed by atoms with Gasteiger partial charge in [0.05, 0.1) is 0 Å². The highest BCUT2D eigenvalue weighted by atomic mass is 14.0. The molecule has 0 rings (SSSR count). The molecule has 0 spiro atoms. The zero-order valence-electron chi connectivity index (χ0n) is 6.48. The van der Waals surface area contributed by atoms with Crippen LogP contribution in [-0.2, 0) is 0 Å². The largest absolute Gasteiger partial charge is 0.120 e. The Morgan fingerprint density at radius 3 is 2.67 bits per heavy atom. The Kier molecular flexibility index (Phi) is 5.41. The zero-order valence-corrected chi connectivity index (χ0v) is 6.48. The van der Waals surface area contributed by atoms with Crippen molar-refractivity contribution in [2.45, 2.75) is 39.5 Å². The maximum Gasteiger partial charge on any atom is 0.00861 e. The first-order valence-corrected chi connectivity index (χ1v) is 3.74. The molecule has 0 aliphatic carbocycles. The number of terminal acetylenes is 1. The molecule has 0 aromatic carbocycles. The summed E-state index contributed by atoms with van der Waals surface area (Å²) in [5.41, 5.74) is 0. The SMILES string of the molecule is C#CCCC[C@@H](C)CC. The molecule has 0 nitrogen and oxygen atoms in total. The lowest BCUT2D eigenvalue weighted by Gasteiger charge is -2.04. The van der Waals surface area contributed by atoms with Crippen LogP contribution in [0.15, 0.2) is 0 Å². The van der Waals surface area contributed by atoms with E-state index in [9.17, 15) is 0 Å². The first kappa shape index (κ1) is 8.56. The Hall–Kier alpha value is -0.440. The first-order valence-electron chi connectivity index (χ1n) is 3.74. The second-order valence-electron chi connectivity index (χ2n) is 2.61. The third-order valence-corrected chi connectivity index (χ3v) is 1.71. The lowest BCUT2D eigenvalue weighted by Crippen LogP contribution is -1.90. The summed E-state index contributed by atoms with van der Waals surface area (Å²) in [5.74, 6) is 3.51. The summed E-state index contributed by atoms with van der Waals surface area (Å²) in [5, 5.41) is 0. The number of hydrogen-bond acceptors (Lipinski definition) is 0. The molecule has 0 aliphatic heterocycles. The van der Waals surface area contributed by atoms with Gasteiger partial charge in [0.1, 0.15) is 0 Å². The van der Waals surface area contributed by atoms with Crippen LogP contribution in [0.25, 0.3) is 0 Å². The van der Waals surface area contributed by atoms with Gasteiger partial charge in [0.15, 0.2) is 0 Å². The van der Waals surface area contributed by atoms with E-state index in [-0.39, 0.29) is 0 Å². The average molecular weight is 124 g/mol. The lowest BCUT2D eigenvalue weighted by molar-refractivity contribution is 0.500. The maximum atomic E-state index is 5.11. The molecule has 0 N–H and O–H groups in total. The van der Waals surface area contributed by atoms with Crippen molar-refractivity contribution in [2.75, 3.05) is 0 Å². The fraction of sp³-hybridized carbons (Fsp3) is 0.778. The monoisotopic (exact) mass is 124 g/mol. The molecule has 0 unspecified atom stereocenters. The second-order valence-corrected chi connectivity index (χ2v) is 2.61. The molecule has 0 heterocycles. The van der Waals surface area contributed by atoms with E-state index in [1.165, 1.54) is 19.3 Å². The lowest BCUT2D eigenvalue weighted by atomic mass is 10.0. The average Bonchev–Trinajstić information content (AvgIpc) is 1.89. The highest BCUT2D eigenvalue weighted by molar-refractivity contribution is 4.82. The fourth-order valence-corrected chi connectivity index (χ4v) is 0.757. The Bertz CT molecular complexity index is 86.7. The summed E-state index contributed by atoms with van der Waals surface area (Å²) in [6.45, 7) is 4.50. The molecule has 0 saturated heterocycles. The summed E-state index contributed by atoms with van der Waals surface area (Å²) in [4.78, 5) is 0. The molecule has 9 heavy (non-hydrogen) atoms. The molecule has 0 bridgehead atoms. The van der Waals surface area contributed by atoms with Crippen molar-refractivity contribution in [2.24, 2.45) is 5.92 Å². The summed E-state index contributed by atoms with van der Waals surface area (Å²) >= 11 is 0. The van der Waals surface area contributed by atoms with Crippen molar-refractivity contribution in [3.8, 4) is 12.3 Å². The molecule has 0 aromatic rings. The topological polar surface area (TPSA) is 0 Å². The number of hydrogen-bond donors (Lipinski definition) is 0. The van der Waals surface area contributed by atoms with E-state index >= 15 is 0 Å². The van der Waals surface area contributed by atoms with Crippen molar-refractivity contribution < 1.29 is 0 Å². The Balaban J connectivity index is 2.99. The van der Waals surface area contributed by atoms with Crippen LogP contribution in [-0.4, -0.2) is 0 Å². The van der Waals surface area contributed by atoms with Gasteiger partial charge in [-0.2, -0.15) is 0 Å². The normalized spacial score (nSPS) is 12.6. The van der Waals surface area contributed by atoms with Gasteiger partial charge in [0, 0.05) is 6.42 Å². The van der Waals surface area contributed by atoms with Crippen molar-refractivity contribution >= 4 is 0 Å². The summed E-state index contributed by atoms with van der Waals surface area (Å²) in [6.07, 6.45) is 9.83. The maximum absolute atomic E-state index is 5.11. The van der Waals surface area contributed by atoms with Crippen LogP contribution in [0, 0.1) is 18.3 Å². The van der Waals surface area contributed by atoms with Crippen molar-refractivity contribution in [3.05, 3.63) is 0 Å². The van der Waals surface area contributed by atoms with Crippen molar-refractivity contribution in [3.63, 3.8) is 0 Å². The Labute approximate surface area is 58.7 Å². The van der Waals surface area contributed by atoms with E-state index in [0.717, 1.165) is 12.3 Å². The molecule has 0 aromatic heterocycles. The van der Waals surface area contributed by atoms with Gasteiger partial charge >= 0.3 is 0 Å². The highest BCUT2D eigenvalue weighted by Crippen LogP contribution is 2.09. The van der Waals surface area contributed by atoms with E-state index in [4.69, 9.17) is 6.42 Å². The van der Waals surface area contributed by atoms with Gasteiger partial charge in [-0.25, -0.2) is 0 Å². The van der Waals surface area contributed by atoms with Gasteiger partial charge in [-0.1, -0.05) is 20.3 Å². The van der Waals surface area contributed by atoms with Gasteiger partial charge < -0.3 is 0 Å². The second kappa shape index (κ2) is 5.69. The van der Waals surface area contributed by atoms with Crippen molar-refractivity contribution in [1.29, 1.82) is 0 Å². The van der Waals surface area contributed by atoms with Crippen LogP contribution < -0.4 is 0 Å². The number of unbranched alkanes of at least 4 members (excludes halogenated alkanes) is 1. The molecule has 0 saturated carbocycles. The van der Waals surface area contributed by atoms with E-state index in [2.05, 4.69) is 19.8 Å². The van der Waals surface area contributed by atoms with Crippen LogP contribution in [0.5, 0.6) is 0 Å². The predicted octanol–water partition coefficient (Wildman–Crippen LogP) is 2.84.